The minimum atomic E-state index is -0.984. The predicted octanol–water partition coefficient (Wildman–Crippen LogP) is 1.17. The van der Waals surface area contributed by atoms with E-state index in [1.54, 1.807) is 0 Å². The van der Waals surface area contributed by atoms with E-state index in [0.717, 1.165) is 18.2 Å². The monoisotopic (exact) mass is 209 g/mol. The number of H-pyrrole nitrogens is 1. The van der Waals surface area contributed by atoms with Crippen molar-refractivity contribution in [2.75, 3.05) is 0 Å². The minimum absolute atomic E-state index is 0.146. The summed E-state index contributed by atoms with van der Waals surface area (Å²) in [5, 5.41) is -0.321. The number of benzene rings is 1. The molecule has 0 unspecified atom stereocenters. The molecule has 1 aromatic carbocycles. The summed E-state index contributed by atoms with van der Waals surface area (Å²) in [6.45, 7) is 0. The summed E-state index contributed by atoms with van der Waals surface area (Å²) in [4.78, 5) is 24.6. The highest BCUT2D eigenvalue weighted by Crippen LogP contribution is 2.12. The molecule has 0 aliphatic carbocycles. The zero-order chi connectivity index (χ0) is 11.0. The highest BCUT2D eigenvalue weighted by Gasteiger charge is 2.06. The fourth-order valence-corrected chi connectivity index (χ4v) is 1.33. The minimum Gasteiger partial charge on any atom is -0.322 e. The summed E-state index contributed by atoms with van der Waals surface area (Å²) in [6, 6.07) is 3.42. The maximum Gasteiger partial charge on any atom is 0.248 e. The van der Waals surface area contributed by atoms with E-state index in [1.807, 2.05) is 0 Å². The van der Waals surface area contributed by atoms with Crippen molar-refractivity contribution in [2.45, 2.75) is 0 Å². The van der Waals surface area contributed by atoms with Crippen LogP contribution in [0, 0.1) is 11.6 Å². The Hall–Kier alpha value is -2.04. The Kier molecular flexibility index (Phi) is 2.07. The highest BCUT2D eigenvalue weighted by molar-refractivity contribution is 5.78. The molecule has 0 radical (unpaired) electrons. The average Bonchev–Trinajstić information content (AvgIpc) is 2.25. The molecule has 3 nitrogen and oxygen atoms in total. The van der Waals surface area contributed by atoms with E-state index in [0.29, 0.717) is 6.07 Å². The molecule has 0 atom stereocenters. The van der Waals surface area contributed by atoms with Crippen molar-refractivity contribution in [3.8, 4) is 0 Å². The first kappa shape index (κ1) is 9.51. The van der Waals surface area contributed by atoms with E-state index in [4.69, 9.17) is 0 Å². The van der Waals surface area contributed by atoms with Gasteiger partial charge in [-0.05, 0) is 12.1 Å². The Labute approximate surface area is 82.0 Å². The van der Waals surface area contributed by atoms with Crippen molar-refractivity contribution >= 4 is 10.9 Å². The van der Waals surface area contributed by atoms with Gasteiger partial charge in [0.05, 0.1) is 10.9 Å². The molecule has 0 aliphatic rings. The molecule has 0 saturated carbocycles. The number of hydrogen-bond donors (Lipinski definition) is 1. The third-order valence-electron chi connectivity index (χ3n) is 1.95. The van der Waals surface area contributed by atoms with E-state index < -0.39 is 22.6 Å². The summed E-state index contributed by atoms with van der Waals surface area (Å²) in [5.74, 6) is -1.83. The SMILES string of the molecule is O=c1ccc(=O)c2c(F)cc(F)cc2[nH]1. The number of rotatable bonds is 0. The zero-order valence-electron chi connectivity index (χ0n) is 7.38. The van der Waals surface area contributed by atoms with Crippen molar-refractivity contribution in [3.63, 3.8) is 0 Å². The van der Waals surface area contributed by atoms with Crippen LogP contribution < -0.4 is 11.0 Å². The first-order valence-corrected chi connectivity index (χ1v) is 4.10. The van der Waals surface area contributed by atoms with Gasteiger partial charge >= 0.3 is 0 Å². The van der Waals surface area contributed by atoms with Crippen LogP contribution in [0.15, 0.2) is 33.9 Å². The summed E-state index contributed by atoms with van der Waals surface area (Å²) in [7, 11) is 0. The molecular weight excluding hydrogens is 204 g/mol. The largest absolute Gasteiger partial charge is 0.322 e. The van der Waals surface area contributed by atoms with Gasteiger partial charge in [0.2, 0.25) is 5.56 Å². The van der Waals surface area contributed by atoms with Crippen molar-refractivity contribution in [1.82, 2.24) is 4.98 Å². The predicted molar refractivity (Wildman–Crippen MR) is 50.8 cm³/mol. The van der Waals surface area contributed by atoms with Gasteiger partial charge < -0.3 is 4.98 Å². The van der Waals surface area contributed by atoms with Gasteiger partial charge in [0, 0.05) is 12.1 Å². The van der Waals surface area contributed by atoms with E-state index >= 15 is 0 Å². The van der Waals surface area contributed by atoms with Gasteiger partial charge in [-0.1, -0.05) is 0 Å². The first-order valence-electron chi connectivity index (χ1n) is 4.10. The number of aromatic nitrogens is 1. The maximum absolute atomic E-state index is 13.2. The molecule has 5 heteroatoms. The van der Waals surface area contributed by atoms with Crippen LogP contribution in [0.4, 0.5) is 8.78 Å². The van der Waals surface area contributed by atoms with Gasteiger partial charge in [0.15, 0.2) is 5.43 Å². The second-order valence-corrected chi connectivity index (χ2v) is 3.00. The summed E-state index contributed by atoms with van der Waals surface area (Å²) in [6.07, 6.45) is 0. The van der Waals surface area contributed by atoms with Crippen molar-refractivity contribution < 1.29 is 8.78 Å². The molecule has 0 fully saturated rings. The van der Waals surface area contributed by atoms with Gasteiger partial charge in [-0.3, -0.25) is 9.59 Å². The smallest absolute Gasteiger partial charge is 0.248 e. The normalized spacial score (nSPS) is 10.5. The lowest BCUT2D eigenvalue weighted by molar-refractivity contribution is 0.591. The zero-order valence-corrected chi connectivity index (χ0v) is 7.38. The lowest BCUT2D eigenvalue weighted by Crippen LogP contribution is -1.99. The van der Waals surface area contributed by atoms with Crippen molar-refractivity contribution in [1.29, 1.82) is 0 Å². The molecule has 0 saturated heterocycles. The van der Waals surface area contributed by atoms with Crippen LogP contribution in [-0.2, 0) is 0 Å². The Bertz CT molecular complexity index is 649. The fraction of sp³-hybridized carbons (Fsp3) is 0. The number of halogens is 2. The second kappa shape index (κ2) is 3.27. The van der Waals surface area contributed by atoms with E-state index in [-0.39, 0.29) is 10.9 Å². The van der Waals surface area contributed by atoms with E-state index in [2.05, 4.69) is 4.98 Å². The highest BCUT2D eigenvalue weighted by atomic mass is 19.1. The molecule has 15 heavy (non-hydrogen) atoms. The standard InChI is InChI=1S/C10H5F2NO2/c11-5-3-6(12)10-7(4-5)13-9(15)2-1-8(10)14/h1-4H,(H,13,15). The Morgan fingerprint density at radius 2 is 1.80 bits per heavy atom. The van der Waals surface area contributed by atoms with Gasteiger partial charge in [-0.25, -0.2) is 8.78 Å². The number of hydrogen-bond acceptors (Lipinski definition) is 2. The Morgan fingerprint density at radius 1 is 1.07 bits per heavy atom. The molecule has 1 heterocycles. The molecular formula is C10H5F2NO2. The van der Waals surface area contributed by atoms with Crippen LogP contribution >= 0.6 is 0 Å². The lowest BCUT2D eigenvalue weighted by atomic mass is 10.2. The van der Waals surface area contributed by atoms with Crippen LogP contribution in [0.1, 0.15) is 0 Å². The molecule has 0 spiro atoms. The molecule has 0 aliphatic heterocycles. The third-order valence-corrected chi connectivity index (χ3v) is 1.95. The first-order chi connectivity index (χ1) is 7.08. The molecule has 2 rings (SSSR count). The van der Waals surface area contributed by atoms with Crippen LogP contribution in [0.25, 0.3) is 10.9 Å². The lowest BCUT2D eigenvalue weighted by Gasteiger charge is -1.94. The van der Waals surface area contributed by atoms with Crippen LogP contribution in [-0.4, -0.2) is 4.98 Å². The third kappa shape index (κ3) is 1.63. The number of fused-ring (bicyclic) bond motifs is 1. The average molecular weight is 209 g/mol. The molecule has 0 amide bonds. The van der Waals surface area contributed by atoms with Gasteiger partial charge in [-0.2, -0.15) is 0 Å². The summed E-state index contributed by atoms with van der Waals surface area (Å²) in [5.41, 5.74) is -1.40. The van der Waals surface area contributed by atoms with Crippen LogP contribution in [0.2, 0.25) is 0 Å². The Morgan fingerprint density at radius 3 is 2.53 bits per heavy atom. The fourth-order valence-electron chi connectivity index (χ4n) is 1.33. The number of aromatic amines is 1. The van der Waals surface area contributed by atoms with E-state index in [1.165, 1.54) is 0 Å². The molecule has 1 N–H and O–H groups in total. The summed E-state index contributed by atoms with van der Waals surface area (Å²) >= 11 is 0. The molecule has 1 aromatic heterocycles. The maximum atomic E-state index is 13.2. The quantitative estimate of drug-likeness (QED) is 0.707. The van der Waals surface area contributed by atoms with Crippen LogP contribution in [0.5, 0.6) is 0 Å². The van der Waals surface area contributed by atoms with Crippen LogP contribution in [0.3, 0.4) is 0 Å². The number of nitrogens with one attached hydrogen (secondary N) is 1. The van der Waals surface area contributed by atoms with Crippen molar-refractivity contribution in [2.24, 2.45) is 0 Å². The van der Waals surface area contributed by atoms with Gasteiger partial charge in [0.25, 0.3) is 0 Å². The second-order valence-electron chi connectivity index (χ2n) is 3.00. The Balaban J connectivity index is 3.15. The summed E-state index contributed by atoms with van der Waals surface area (Å²) < 4.78 is 26.1. The molecule has 0 bridgehead atoms. The van der Waals surface area contributed by atoms with E-state index in [9.17, 15) is 18.4 Å². The van der Waals surface area contributed by atoms with Gasteiger partial charge in [0.1, 0.15) is 11.6 Å². The van der Waals surface area contributed by atoms with Gasteiger partial charge in [-0.15, -0.1) is 0 Å². The molecule has 2 aromatic rings. The van der Waals surface area contributed by atoms with Crippen molar-refractivity contribution in [3.05, 3.63) is 56.5 Å². The molecule has 76 valence electrons. The topological polar surface area (TPSA) is 49.9 Å².